The molecule has 5 heteroatoms. The molecule has 0 saturated carbocycles. The van der Waals surface area contributed by atoms with Crippen LogP contribution in [0.3, 0.4) is 0 Å². The number of allylic oxidation sites excluding steroid dienone is 3. The van der Waals surface area contributed by atoms with Crippen molar-refractivity contribution in [2.24, 2.45) is 0 Å². The van der Waals surface area contributed by atoms with Crippen LogP contribution in [0.4, 0.5) is 0 Å². The first-order valence-corrected chi connectivity index (χ1v) is 7.91. The predicted molar refractivity (Wildman–Crippen MR) is 93.5 cm³/mol. The maximum Gasteiger partial charge on any atom is 0.254 e. The Morgan fingerprint density at radius 3 is 2.52 bits per heavy atom. The lowest BCUT2D eigenvalue weighted by atomic mass is 10.1. The molecule has 0 fully saturated rings. The largest absolute Gasteiger partial charge is 0.352 e. The third kappa shape index (κ3) is 7.08. The van der Waals surface area contributed by atoms with Crippen LogP contribution >= 0.6 is 0 Å². The third-order valence-corrected chi connectivity index (χ3v) is 3.52. The second-order valence-electron chi connectivity index (χ2n) is 6.07. The molecule has 1 heterocycles. The second-order valence-corrected chi connectivity index (χ2v) is 6.07. The molecule has 0 aromatic carbocycles. The van der Waals surface area contributed by atoms with E-state index in [1.807, 2.05) is 6.08 Å². The Balaban J connectivity index is 2.49. The molecule has 5 nitrogen and oxygen atoms in total. The van der Waals surface area contributed by atoms with E-state index < -0.39 is 0 Å². The molecule has 126 valence electrons. The highest BCUT2D eigenvalue weighted by molar-refractivity contribution is 5.78. The van der Waals surface area contributed by atoms with E-state index in [9.17, 15) is 9.59 Å². The maximum atomic E-state index is 12.0. The molecule has 0 saturated heterocycles. The average Bonchev–Trinajstić information content (AvgIpc) is 2.42. The van der Waals surface area contributed by atoms with Crippen molar-refractivity contribution in [3.05, 3.63) is 50.7 Å². The molecule has 0 aliphatic heterocycles. The normalized spacial score (nSPS) is 11.3. The SMILES string of the molecule is CC(C)=CCC/C(C)=C/CNC(=O)Cc1c(C)nc(C)[nH]c1=O. The first-order chi connectivity index (χ1) is 10.8. The molecule has 0 aliphatic rings. The molecule has 1 rings (SSSR count). The number of hydrogen-bond acceptors (Lipinski definition) is 3. The first kappa shape index (κ1) is 18.9. The number of carbonyl (C=O) groups excluding carboxylic acids is 1. The van der Waals surface area contributed by atoms with E-state index in [1.165, 1.54) is 11.1 Å². The molecule has 0 bridgehead atoms. The Hall–Kier alpha value is -2.17. The number of nitrogens with zero attached hydrogens (tertiary/aromatic N) is 1. The Morgan fingerprint density at radius 1 is 1.22 bits per heavy atom. The lowest BCUT2D eigenvalue weighted by Gasteiger charge is -2.06. The zero-order chi connectivity index (χ0) is 17.4. The standard InChI is InChI=1S/C18H27N3O2/c1-12(2)7-6-8-13(3)9-10-19-17(22)11-16-14(4)20-15(5)21-18(16)23/h7,9H,6,8,10-11H2,1-5H3,(H,19,22)(H,20,21,23)/b13-9+. The smallest absolute Gasteiger partial charge is 0.254 e. The van der Waals surface area contributed by atoms with Crippen molar-refractivity contribution in [1.82, 2.24) is 15.3 Å². The van der Waals surface area contributed by atoms with E-state index in [2.05, 4.69) is 42.1 Å². The quantitative estimate of drug-likeness (QED) is 0.759. The molecule has 2 N–H and O–H groups in total. The van der Waals surface area contributed by atoms with Crippen LogP contribution in [0, 0.1) is 13.8 Å². The van der Waals surface area contributed by atoms with Crippen LogP contribution in [0.15, 0.2) is 28.1 Å². The second kappa shape index (κ2) is 9.08. The van der Waals surface area contributed by atoms with Gasteiger partial charge in [-0.2, -0.15) is 0 Å². The molecule has 0 unspecified atom stereocenters. The number of aromatic amines is 1. The van der Waals surface area contributed by atoms with Crippen molar-refractivity contribution in [2.75, 3.05) is 6.54 Å². The number of rotatable bonds is 7. The summed E-state index contributed by atoms with van der Waals surface area (Å²) in [4.78, 5) is 30.6. The number of carbonyl (C=O) groups is 1. The highest BCUT2D eigenvalue weighted by Crippen LogP contribution is 2.06. The van der Waals surface area contributed by atoms with Crippen molar-refractivity contribution in [3.8, 4) is 0 Å². The lowest BCUT2D eigenvalue weighted by Crippen LogP contribution is -2.29. The molecule has 0 radical (unpaired) electrons. The fourth-order valence-electron chi connectivity index (χ4n) is 2.21. The Morgan fingerprint density at radius 2 is 1.91 bits per heavy atom. The summed E-state index contributed by atoms with van der Waals surface area (Å²) in [7, 11) is 0. The molecular weight excluding hydrogens is 290 g/mol. The summed E-state index contributed by atoms with van der Waals surface area (Å²) < 4.78 is 0. The number of aromatic nitrogens is 2. The summed E-state index contributed by atoms with van der Waals surface area (Å²) in [6.45, 7) is 10.2. The van der Waals surface area contributed by atoms with Crippen LogP contribution in [-0.4, -0.2) is 22.4 Å². The number of hydrogen-bond donors (Lipinski definition) is 2. The fourth-order valence-corrected chi connectivity index (χ4v) is 2.21. The van der Waals surface area contributed by atoms with E-state index in [0.29, 0.717) is 23.6 Å². The monoisotopic (exact) mass is 317 g/mol. The zero-order valence-electron chi connectivity index (χ0n) is 14.7. The fraction of sp³-hybridized carbons (Fsp3) is 0.500. The highest BCUT2D eigenvalue weighted by atomic mass is 16.2. The summed E-state index contributed by atoms with van der Waals surface area (Å²) >= 11 is 0. The number of amides is 1. The minimum absolute atomic E-state index is 0.0547. The van der Waals surface area contributed by atoms with Crippen molar-refractivity contribution >= 4 is 5.91 Å². The molecular formula is C18H27N3O2. The van der Waals surface area contributed by atoms with E-state index >= 15 is 0 Å². The highest BCUT2D eigenvalue weighted by Gasteiger charge is 2.11. The number of aryl methyl sites for hydroxylation is 2. The third-order valence-electron chi connectivity index (χ3n) is 3.52. The van der Waals surface area contributed by atoms with Crippen molar-refractivity contribution in [1.29, 1.82) is 0 Å². The van der Waals surface area contributed by atoms with E-state index in [-0.39, 0.29) is 17.9 Å². The van der Waals surface area contributed by atoms with Crippen molar-refractivity contribution in [2.45, 2.75) is 53.9 Å². The van der Waals surface area contributed by atoms with Crippen LogP contribution in [-0.2, 0) is 11.2 Å². The predicted octanol–water partition coefficient (Wildman–Crippen LogP) is 2.74. The van der Waals surface area contributed by atoms with Gasteiger partial charge >= 0.3 is 0 Å². The summed E-state index contributed by atoms with van der Waals surface area (Å²) in [6.07, 6.45) is 6.28. The molecule has 0 spiro atoms. The zero-order valence-corrected chi connectivity index (χ0v) is 14.7. The summed E-state index contributed by atoms with van der Waals surface area (Å²) in [6, 6.07) is 0. The molecule has 1 amide bonds. The van der Waals surface area contributed by atoms with Gasteiger partial charge in [-0.25, -0.2) is 4.98 Å². The molecule has 1 aromatic rings. The number of nitrogens with one attached hydrogen (secondary N) is 2. The molecule has 0 atom stereocenters. The van der Waals surface area contributed by atoms with Gasteiger partial charge < -0.3 is 10.3 Å². The first-order valence-electron chi connectivity index (χ1n) is 7.91. The minimum Gasteiger partial charge on any atom is -0.352 e. The van der Waals surface area contributed by atoms with Gasteiger partial charge in [0.1, 0.15) is 5.82 Å². The molecule has 0 aliphatic carbocycles. The molecule has 23 heavy (non-hydrogen) atoms. The Labute approximate surface area is 137 Å². The van der Waals surface area contributed by atoms with Gasteiger partial charge in [-0.1, -0.05) is 23.3 Å². The minimum atomic E-state index is -0.237. The topological polar surface area (TPSA) is 74.8 Å². The Bertz CT molecular complexity index is 665. The van der Waals surface area contributed by atoms with Gasteiger partial charge in [0.15, 0.2) is 0 Å². The molecule has 1 aromatic heterocycles. The van der Waals surface area contributed by atoms with Gasteiger partial charge in [0.05, 0.1) is 6.42 Å². The van der Waals surface area contributed by atoms with Crippen LogP contribution in [0.2, 0.25) is 0 Å². The average molecular weight is 317 g/mol. The van der Waals surface area contributed by atoms with Crippen LogP contribution in [0.1, 0.15) is 50.7 Å². The van der Waals surface area contributed by atoms with Gasteiger partial charge in [-0.15, -0.1) is 0 Å². The van der Waals surface area contributed by atoms with Crippen LogP contribution in [0.5, 0.6) is 0 Å². The van der Waals surface area contributed by atoms with E-state index in [1.54, 1.807) is 13.8 Å². The summed E-state index contributed by atoms with van der Waals surface area (Å²) in [5, 5.41) is 2.82. The van der Waals surface area contributed by atoms with Gasteiger partial charge in [-0.3, -0.25) is 9.59 Å². The maximum absolute atomic E-state index is 12.0. The van der Waals surface area contributed by atoms with Crippen LogP contribution in [0.25, 0.3) is 0 Å². The Kier molecular flexibility index (Phi) is 7.45. The van der Waals surface area contributed by atoms with Crippen molar-refractivity contribution < 1.29 is 4.79 Å². The van der Waals surface area contributed by atoms with Gasteiger partial charge in [0.25, 0.3) is 5.56 Å². The van der Waals surface area contributed by atoms with E-state index in [0.717, 1.165) is 12.8 Å². The summed E-state index contributed by atoms with van der Waals surface area (Å²) in [5.74, 6) is 0.393. The van der Waals surface area contributed by atoms with Crippen LogP contribution < -0.4 is 10.9 Å². The van der Waals surface area contributed by atoms with Gasteiger partial charge in [0, 0.05) is 17.8 Å². The van der Waals surface area contributed by atoms with Gasteiger partial charge in [-0.05, 0) is 47.5 Å². The van der Waals surface area contributed by atoms with Crippen molar-refractivity contribution in [3.63, 3.8) is 0 Å². The summed E-state index contributed by atoms with van der Waals surface area (Å²) in [5.41, 5.74) is 3.36. The van der Waals surface area contributed by atoms with Gasteiger partial charge in [0.2, 0.25) is 5.91 Å². The lowest BCUT2D eigenvalue weighted by molar-refractivity contribution is -0.120. The number of H-pyrrole nitrogens is 1. The van der Waals surface area contributed by atoms with E-state index in [4.69, 9.17) is 0 Å².